The highest BCUT2D eigenvalue weighted by molar-refractivity contribution is 6.32. The number of hydrogen-bond acceptors (Lipinski definition) is 3. The summed E-state index contributed by atoms with van der Waals surface area (Å²) < 4.78 is 0. The Morgan fingerprint density at radius 1 is 1.65 bits per heavy atom. The summed E-state index contributed by atoms with van der Waals surface area (Å²) >= 11 is 5.81. The second-order valence-corrected chi connectivity index (χ2v) is 4.24. The highest BCUT2D eigenvalue weighted by Gasteiger charge is 2.12. The molecule has 1 rings (SSSR count). The molecule has 0 radical (unpaired) electrons. The van der Waals surface area contributed by atoms with Gasteiger partial charge < -0.3 is 5.32 Å². The predicted molar refractivity (Wildman–Crippen MR) is 70.6 cm³/mol. The van der Waals surface area contributed by atoms with Gasteiger partial charge in [0.1, 0.15) is 5.02 Å². The van der Waals surface area contributed by atoms with Crippen LogP contribution in [0.4, 0.5) is 11.4 Å². The number of nitrogens with one attached hydrogen (secondary N) is 1. The maximum absolute atomic E-state index is 10.6. The first kappa shape index (κ1) is 13.5. The highest BCUT2D eigenvalue weighted by Crippen LogP contribution is 2.27. The Balaban J connectivity index is 2.70. The minimum atomic E-state index is -0.493. The molecule has 92 valence electrons. The fraction of sp³-hybridized carbons (Fsp3) is 0.333. The molecule has 1 atom stereocenters. The van der Waals surface area contributed by atoms with Gasteiger partial charge >= 0.3 is 0 Å². The molecule has 17 heavy (non-hydrogen) atoms. The van der Waals surface area contributed by atoms with E-state index >= 15 is 0 Å². The highest BCUT2D eigenvalue weighted by atomic mass is 35.5. The monoisotopic (exact) mass is 254 g/mol. The van der Waals surface area contributed by atoms with Gasteiger partial charge in [0.25, 0.3) is 5.69 Å². The molecule has 0 saturated heterocycles. The quantitative estimate of drug-likeness (QED) is 0.474. The van der Waals surface area contributed by atoms with Gasteiger partial charge in [-0.15, -0.1) is 6.58 Å². The van der Waals surface area contributed by atoms with Crippen LogP contribution in [0.3, 0.4) is 0 Å². The molecule has 0 aliphatic carbocycles. The van der Waals surface area contributed by atoms with Crippen LogP contribution in [0.15, 0.2) is 30.9 Å². The molecule has 0 aromatic heterocycles. The summed E-state index contributed by atoms with van der Waals surface area (Å²) in [6, 6.07) is 4.91. The lowest BCUT2D eigenvalue weighted by Gasteiger charge is -2.14. The normalized spacial score (nSPS) is 11.9. The molecule has 0 spiro atoms. The van der Waals surface area contributed by atoms with Gasteiger partial charge in [-0.3, -0.25) is 10.1 Å². The van der Waals surface area contributed by atoms with Crippen LogP contribution in [0.2, 0.25) is 5.02 Å². The van der Waals surface area contributed by atoms with Crippen molar-refractivity contribution >= 4 is 23.0 Å². The van der Waals surface area contributed by atoms with Gasteiger partial charge in [0, 0.05) is 17.8 Å². The molecule has 0 aliphatic rings. The molecule has 1 aromatic carbocycles. The van der Waals surface area contributed by atoms with E-state index in [-0.39, 0.29) is 16.8 Å². The van der Waals surface area contributed by atoms with E-state index in [4.69, 9.17) is 11.6 Å². The molecule has 1 N–H and O–H groups in total. The van der Waals surface area contributed by atoms with Crippen LogP contribution in [0.5, 0.6) is 0 Å². The zero-order chi connectivity index (χ0) is 12.8. The second kappa shape index (κ2) is 6.25. The Hall–Kier alpha value is -1.55. The van der Waals surface area contributed by atoms with E-state index in [9.17, 15) is 10.1 Å². The fourth-order valence-corrected chi connectivity index (χ4v) is 1.72. The summed E-state index contributed by atoms with van der Waals surface area (Å²) in [6.07, 6.45) is 3.74. The van der Waals surface area contributed by atoms with Crippen LogP contribution < -0.4 is 5.32 Å². The van der Waals surface area contributed by atoms with Crippen molar-refractivity contribution in [2.24, 2.45) is 0 Å². The molecular formula is C12H15ClN2O2. The molecule has 1 unspecified atom stereocenters. The predicted octanol–water partition coefficient (Wildman–Crippen LogP) is 4.01. The third-order valence-electron chi connectivity index (χ3n) is 2.36. The topological polar surface area (TPSA) is 55.2 Å². The van der Waals surface area contributed by atoms with E-state index in [1.807, 2.05) is 13.0 Å². The molecule has 0 aliphatic heterocycles. The molecule has 0 saturated carbocycles. The Morgan fingerprint density at radius 3 is 2.88 bits per heavy atom. The van der Waals surface area contributed by atoms with Gasteiger partial charge in [0.2, 0.25) is 0 Å². The number of halogens is 1. The number of benzene rings is 1. The van der Waals surface area contributed by atoms with Crippen molar-refractivity contribution in [1.82, 2.24) is 0 Å². The van der Waals surface area contributed by atoms with Crippen molar-refractivity contribution in [3.63, 3.8) is 0 Å². The van der Waals surface area contributed by atoms with Gasteiger partial charge in [-0.05, 0) is 31.9 Å². The van der Waals surface area contributed by atoms with Crippen LogP contribution in [0, 0.1) is 10.1 Å². The Morgan fingerprint density at radius 2 is 2.35 bits per heavy atom. The first-order valence-corrected chi connectivity index (χ1v) is 5.73. The van der Waals surface area contributed by atoms with Crippen molar-refractivity contribution < 1.29 is 4.92 Å². The molecule has 5 heteroatoms. The number of hydrogen-bond donors (Lipinski definition) is 1. The summed E-state index contributed by atoms with van der Waals surface area (Å²) in [5.74, 6) is 0. The van der Waals surface area contributed by atoms with Crippen LogP contribution >= 0.6 is 11.6 Å². The number of nitro groups is 1. The van der Waals surface area contributed by atoms with Crippen molar-refractivity contribution in [2.75, 3.05) is 5.32 Å². The summed E-state index contributed by atoms with van der Waals surface area (Å²) in [5.41, 5.74) is 0.716. The zero-order valence-corrected chi connectivity index (χ0v) is 10.4. The lowest BCUT2D eigenvalue weighted by atomic mass is 10.1. The second-order valence-electron chi connectivity index (χ2n) is 3.83. The minimum absolute atomic E-state index is 0.0732. The summed E-state index contributed by atoms with van der Waals surface area (Å²) in [5, 5.41) is 14.0. The first-order chi connectivity index (χ1) is 8.04. The van der Waals surface area contributed by atoms with Crippen molar-refractivity contribution in [1.29, 1.82) is 0 Å². The number of nitrogens with zero attached hydrogens (tertiary/aromatic N) is 1. The van der Waals surface area contributed by atoms with Gasteiger partial charge in [-0.2, -0.15) is 0 Å². The van der Waals surface area contributed by atoms with Gasteiger partial charge in [-0.1, -0.05) is 17.7 Å². The SMILES string of the molecule is C=CCCC(C)Nc1ccc([N+](=O)[O-])c(Cl)c1. The Labute approximate surface area is 105 Å². The van der Waals surface area contributed by atoms with Gasteiger partial charge in [0.05, 0.1) is 4.92 Å². The molecule has 0 heterocycles. The third-order valence-corrected chi connectivity index (χ3v) is 2.66. The van der Waals surface area contributed by atoms with E-state index in [1.165, 1.54) is 6.07 Å². The average molecular weight is 255 g/mol. The van der Waals surface area contributed by atoms with Crippen molar-refractivity contribution in [3.8, 4) is 0 Å². The van der Waals surface area contributed by atoms with Crippen molar-refractivity contribution in [2.45, 2.75) is 25.8 Å². The van der Waals surface area contributed by atoms with E-state index in [2.05, 4.69) is 11.9 Å². The summed E-state index contributed by atoms with van der Waals surface area (Å²) in [7, 11) is 0. The largest absolute Gasteiger partial charge is 0.383 e. The number of allylic oxidation sites excluding steroid dienone is 1. The lowest BCUT2D eigenvalue weighted by Crippen LogP contribution is -2.14. The first-order valence-electron chi connectivity index (χ1n) is 5.36. The van der Waals surface area contributed by atoms with E-state index in [0.29, 0.717) is 0 Å². The molecule has 1 aromatic rings. The van der Waals surface area contributed by atoms with Crippen LogP contribution in [-0.4, -0.2) is 11.0 Å². The smallest absolute Gasteiger partial charge is 0.288 e. The van der Waals surface area contributed by atoms with Crippen LogP contribution in [-0.2, 0) is 0 Å². The zero-order valence-electron chi connectivity index (χ0n) is 9.65. The van der Waals surface area contributed by atoms with Crippen molar-refractivity contribution in [3.05, 3.63) is 46.0 Å². The van der Waals surface area contributed by atoms with Gasteiger partial charge in [0.15, 0.2) is 0 Å². The Bertz CT molecular complexity index is 421. The number of rotatable bonds is 6. The standard InChI is InChI=1S/C12H15ClN2O2/c1-3-4-5-9(2)14-10-6-7-12(15(16)17)11(13)8-10/h3,6-9,14H,1,4-5H2,2H3. The average Bonchev–Trinajstić information content (AvgIpc) is 2.26. The maximum atomic E-state index is 10.6. The van der Waals surface area contributed by atoms with E-state index in [0.717, 1.165) is 18.5 Å². The lowest BCUT2D eigenvalue weighted by molar-refractivity contribution is -0.384. The third kappa shape index (κ3) is 4.07. The molecule has 0 amide bonds. The Kier molecular flexibility index (Phi) is 4.97. The number of nitro benzene ring substituents is 1. The van der Waals surface area contributed by atoms with Crippen LogP contribution in [0.1, 0.15) is 19.8 Å². The summed E-state index contributed by atoms with van der Waals surface area (Å²) in [6.45, 7) is 5.70. The number of anilines is 1. The fourth-order valence-electron chi connectivity index (χ4n) is 1.47. The molecular weight excluding hydrogens is 240 g/mol. The molecule has 0 fully saturated rings. The molecule has 4 nitrogen and oxygen atoms in total. The van der Waals surface area contributed by atoms with E-state index in [1.54, 1.807) is 12.1 Å². The minimum Gasteiger partial charge on any atom is -0.383 e. The summed E-state index contributed by atoms with van der Waals surface area (Å²) in [4.78, 5) is 10.1. The maximum Gasteiger partial charge on any atom is 0.288 e. The van der Waals surface area contributed by atoms with E-state index < -0.39 is 4.92 Å². The van der Waals surface area contributed by atoms with Gasteiger partial charge in [-0.25, -0.2) is 0 Å². The molecule has 0 bridgehead atoms. The van der Waals surface area contributed by atoms with Crippen LogP contribution in [0.25, 0.3) is 0 Å².